The summed E-state index contributed by atoms with van der Waals surface area (Å²) in [6.45, 7) is 3.82. The number of hydrogen-bond donors (Lipinski definition) is 0. The highest BCUT2D eigenvalue weighted by atomic mass is 16.1. The van der Waals surface area contributed by atoms with Crippen molar-refractivity contribution in [1.82, 2.24) is 0 Å². The van der Waals surface area contributed by atoms with E-state index in [4.69, 9.17) is 0 Å². The molecule has 90 valence electrons. The van der Waals surface area contributed by atoms with Gasteiger partial charge in [-0.2, -0.15) is 9.98 Å². The van der Waals surface area contributed by atoms with E-state index in [1.165, 1.54) is 37.8 Å². The molecule has 0 fully saturated rings. The minimum Gasteiger partial charge on any atom is -0.211 e. The molecule has 4 heteroatoms. The van der Waals surface area contributed by atoms with Gasteiger partial charge in [-0.1, -0.05) is 39.0 Å². The molecule has 0 atom stereocenters. The number of unbranched alkanes of at least 4 members (excludes halogenated alkanes) is 5. The van der Waals surface area contributed by atoms with Gasteiger partial charge in [0.2, 0.25) is 12.2 Å². The molecule has 16 heavy (non-hydrogen) atoms. The highest BCUT2D eigenvalue weighted by molar-refractivity contribution is 5.38. The van der Waals surface area contributed by atoms with Crippen LogP contribution in [-0.4, -0.2) is 17.8 Å². The zero-order chi connectivity index (χ0) is 12.3. The van der Waals surface area contributed by atoms with Crippen molar-refractivity contribution in [2.45, 2.75) is 64.5 Å². The average Bonchev–Trinajstić information content (AvgIpc) is 2.24. The summed E-state index contributed by atoms with van der Waals surface area (Å²) in [4.78, 5) is 27.5. The maximum absolute atomic E-state index is 10.2. The fraction of sp³-hybridized carbons (Fsp3) is 0.833. The lowest BCUT2D eigenvalue weighted by atomic mass is 10.0. The van der Waals surface area contributed by atoms with E-state index in [1.807, 2.05) is 0 Å². The Morgan fingerprint density at radius 2 is 1.44 bits per heavy atom. The Morgan fingerprint density at radius 3 is 1.94 bits per heavy atom. The monoisotopic (exact) mass is 224 g/mol. The molecule has 0 amide bonds. The predicted octanol–water partition coefficient (Wildman–Crippen LogP) is 3.12. The van der Waals surface area contributed by atoms with E-state index in [0.717, 1.165) is 12.8 Å². The maximum atomic E-state index is 10.2. The van der Waals surface area contributed by atoms with Crippen molar-refractivity contribution >= 4 is 12.2 Å². The van der Waals surface area contributed by atoms with Crippen molar-refractivity contribution < 1.29 is 9.59 Å². The standard InChI is InChI=1S/C12H20N2O2/c1-3-4-5-6-7-8-9-12(2,13-10-15)14-11-16/h3-9H2,1-2H3. The van der Waals surface area contributed by atoms with Crippen LogP contribution in [0.3, 0.4) is 0 Å². The largest absolute Gasteiger partial charge is 0.237 e. The van der Waals surface area contributed by atoms with Crippen molar-refractivity contribution in [3.05, 3.63) is 0 Å². The first-order valence-electron chi connectivity index (χ1n) is 5.86. The van der Waals surface area contributed by atoms with Gasteiger partial charge in [-0.25, -0.2) is 9.59 Å². The van der Waals surface area contributed by atoms with Crippen molar-refractivity contribution in [3.8, 4) is 0 Å². The van der Waals surface area contributed by atoms with Crippen LogP contribution in [0.4, 0.5) is 0 Å². The summed E-state index contributed by atoms with van der Waals surface area (Å²) in [5, 5.41) is 0. The van der Waals surface area contributed by atoms with Crippen molar-refractivity contribution in [2.24, 2.45) is 9.98 Å². The third-order valence-corrected chi connectivity index (χ3v) is 2.58. The summed E-state index contributed by atoms with van der Waals surface area (Å²) in [5.41, 5.74) is -0.950. The van der Waals surface area contributed by atoms with Crippen LogP contribution in [0.5, 0.6) is 0 Å². The SMILES string of the molecule is CCCCCCCCC(C)(N=C=O)N=C=O. The summed E-state index contributed by atoms with van der Waals surface area (Å²) < 4.78 is 0. The summed E-state index contributed by atoms with van der Waals surface area (Å²) in [7, 11) is 0. The highest BCUT2D eigenvalue weighted by Crippen LogP contribution is 2.20. The van der Waals surface area contributed by atoms with E-state index >= 15 is 0 Å². The molecule has 0 rings (SSSR count). The zero-order valence-corrected chi connectivity index (χ0v) is 10.2. The molecule has 0 radical (unpaired) electrons. The Kier molecular flexibility index (Phi) is 8.32. The minimum absolute atomic E-state index is 0.601. The van der Waals surface area contributed by atoms with Crippen LogP contribution in [0.25, 0.3) is 0 Å². The second kappa shape index (κ2) is 9.02. The van der Waals surface area contributed by atoms with E-state index in [2.05, 4.69) is 16.9 Å². The van der Waals surface area contributed by atoms with Gasteiger partial charge < -0.3 is 0 Å². The van der Waals surface area contributed by atoms with Gasteiger partial charge in [0.25, 0.3) is 0 Å². The number of carbonyl (C=O) groups excluding carboxylic acids is 2. The fourth-order valence-corrected chi connectivity index (χ4v) is 1.57. The van der Waals surface area contributed by atoms with Crippen LogP contribution in [0, 0.1) is 0 Å². The lowest BCUT2D eigenvalue weighted by molar-refractivity contribution is 0.418. The summed E-state index contributed by atoms with van der Waals surface area (Å²) >= 11 is 0. The van der Waals surface area contributed by atoms with Crippen LogP contribution in [0.2, 0.25) is 0 Å². The Hall–Kier alpha value is -1.24. The van der Waals surface area contributed by atoms with Gasteiger partial charge in [0.05, 0.1) is 0 Å². The average molecular weight is 224 g/mol. The number of nitrogens with zero attached hydrogens (tertiary/aromatic N) is 2. The molecule has 0 unspecified atom stereocenters. The summed E-state index contributed by atoms with van der Waals surface area (Å²) in [6, 6.07) is 0. The van der Waals surface area contributed by atoms with Crippen molar-refractivity contribution in [1.29, 1.82) is 0 Å². The van der Waals surface area contributed by atoms with Gasteiger partial charge in [-0.15, -0.1) is 0 Å². The van der Waals surface area contributed by atoms with Gasteiger partial charge in [0.15, 0.2) is 5.66 Å². The summed E-state index contributed by atoms with van der Waals surface area (Å²) in [6.07, 6.45) is 10.4. The molecule has 0 saturated heterocycles. The third kappa shape index (κ3) is 7.10. The molecule has 0 aromatic rings. The topological polar surface area (TPSA) is 58.9 Å². The lowest BCUT2D eigenvalue weighted by Crippen LogP contribution is -2.18. The quantitative estimate of drug-likeness (QED) is 0.343. The van der Waals surface area contributed by atoms with Gasteiger partial charge in [0, 0.05) is 0 Å². The normalized spacial score (nSPS) is 13.4. The Labute approximate surface area is 96.9 Å². The predicted molar refractivity (Wildman–Crippen MR) is 62.6 cm³/mol. The number of isocyanates is 2. The van der Waals surface area contributed by atoms with E-state index in [9.17, 15) is 9.59 Å². The van der Waals surface area contributed by atoms with Gasteiger partial charge in [-0.3, -0.25) is 0 Å². The molecule has 0 N–H and O–H groups in total. The zero-order valence-electron chi connectivity index (χ0n) is 10.2. The molecule has 0 aliphatic rings. The molecular formula is C12H20N2O2. The van der Waals surface area contributed by atoms with E-state index in [1.54, 1.807) is 6.92 Å². The molecule has 0 spiro atoms. The first-order valence-corrected chi connectivity index (χ1v) is 5.86. The fourth-order valence-electron chi connectivity index (χ4n) is 1.57. The molecule has 4 nitrogen and oxygen atoms in total. The summed E-state index contributed by atoms with van der Waals surface area (Å²) in [5.74, 6) is 0. The molecule has 0 aliphatic carbocycles. The second-order valence-electron chi connectivity index (χ2n) is 4.14. The lowest BCUT2D eigenvalue weighted by Gasteiger charge is -2.15. The van der Waals surface area contributed by atoms with Crippen molar-refractivity contribution in [3.63, 3.8) is 0 Å². The second-order valence-corrected chi connectivity index (χ2v) is 4.14. The number of hydrogen-bond acceptors (Lipinski definition) is 4. The highest BCUT2D eigenvalue weighted by Gasteiger charge is 2.21. The smallest absolute Gasteiger partial charge is 0.211 e. The van der Waals surface area contributed by atoms with Crippen molar-refractivity contribution in [2.75, 3.05) is 0 Å². The first-order chi connectivity index (χ1) is 7.68. The Bertz CT molecular complexity index is 259. The minimum atomic E-state index is -0.950. The van der Waals surface area contributed by atoms with Crippen LogP contribution < -0.4 is 0 Å². The van der Waals surface area contributed by atoms with Crippen LogP contribution in [0.1, 0.15) is 58.8 Å². The number of rotatable bonds is 9. The molecule has 0 aromatic carbocycles. The van der Waals surface area contributed by atoms with Gasteiger partial charge >= 0.3 is 0 Å². The van der Waals surface area contributed by atoms with E-state index < -0.39 is 5.66 Å². The van der Waals surface area contributed by atoms with E-state index in [0.29, 0.717) is 6.42 Å². The molecule has 0 bridgehead atoms. The Morgan fingerprint density at radius 1 is 0.938 bits per heavy atom. The number of aliphatic imine (C=N–C) groups is 2. The van der Waals surface area contributed by atoms with Gasteiger partial charge in [0.1, 0.15) is 0 Å². The Balaban J connectivity index is 3.86. The molecule has 0 heterocycles. The molecular weight excluding hydrogens is 204 g/mol. The molecule has 0 aliphatic heterocycles. The first kappa shape index (κ1) is 14.8. The molecule has 0 saturated carbocycles. The van der Waals surface area contributed by atoms with E-state index in [-0.39, 0.29) is 0 Å². The van der Waals surface area contributed by atoms with Crippen LogP contribution >= 0.6 is 0 Å². The molecule has 0 aromatic heterocycles. The van der Waals surface area contributed by atoms with Crippen LogP contribution in [-0.2, 0) is 9.59 Å². The maximum Gasteiger partial charge on any atom is 0.237 e. The third-order valence-electron chi connectivity index (χ3n) is 2.58. The van der Waals surface area contributed by atoms with Gasteiger partial charge in [-0.05, 0) is 19.8 Å². The van der Waals surface area contributed by atoms with Crippen LogP contribution in [0.15, 0.2) is 9.98 Å².